The lowest BCUT2D eigenvalue weighted by molar-refractivity contribution is 0.0947. The lowest BCUT2D eigenvalue weighted by atomic mass is 10.1. The molecule has 138 valence electrons. The van der Waals surface area contributed by atoms with Gasteiger partial charge < -0.3 is 14.8 Å². The van der Waals surface area contributed by atoms with Gasteiger partial charge in [0, 0.05) is 5.56 Å². The Morgan fingerprint density at radius 3 is 2.44 bits per heavy atom. The Balaban J connectivity index is 1.68. The van der Waals surface area contributed by atoms with E-state index in [2.05, 4.69) is 10.3 Å². The third-order valence-corrected chi connectivity index (χ3v) is 4.08. The third kappa shape index (κ3) is 4.99. The van der Waals surface area contributed by atoms with Crippen LogP contribution >= 0.6 is 11.6 Å². The fourth-order valence-corrected chi connectivity index (χ4v) is 2.68. The number of hydrogen-bond donors (Lipinski definition) is 1. The standard InChI is InChI=1S/C21H19ClN2O3/c1-26-16-9-7-15(8-10-16)20-18(11-12-19(22)24-20)21(25)23-13-14-27-17-5-3-2-4-6-17/h2-12H,13-14H2,1H3,(H,23,25). The molecule has 0 aliphatic rings. The summed E-state index contributed by atoms with van der Waals surface area (Å²) in [6.45, 7) is 0.743. The molecular weight excluding hydrogens is 364 g/mol. The fraction of sp³-hybridized carbons (Fsp3) is 0.143. The molecule has 0 unspecified atom stereocenters. The number of ether oxygens (including phenoxy) is 2. The summed E-state index contributed by atoms with van der Waals surface area (Å²) >= 11 is 6.04. The second-order valence-electron chi connectivity index (χ2n) is 5.68. The first-order chi connectivity index (χ1) is 13.2. The van der Waals surface area contributed by atoms with Gasteiger partial charge in [-0.3, -0.25) is 4.79 Å². The van der Waals surface area contributed by atoms with Crippen molar-refractivity contribution in [3.63, 3.8) is 0 Å². The minimum atomic E-state index is -0.235. The van der Waals surface area contributed by atoms with E-state index in [0.29, 0.717) is 29.6 Å². The number of amides is 1. The average Bonchev–Trinajstić information content (AvgIpc) is 2.72. The molecule has 0 atom stereocenters. The highest BCUT2D eigenvalue weighted by atomic mass is 35.5. The second-order valence-corrected chi connectivity index (χ2v) is 6.06. The average molecular weight is 383 g/mol. The number of carbonyl (C=O) groups is 1. The van der Waals surface area contributed by atoms with Crippen LogP contribution < -0.4 is 14.8 Å². The van der Waals surface area contributed by atoms with Gasteiger partial charge in [-0.2, -0.15) is 0 Å². The number of nitrogens with one attached hydrogen (secondary N) is 1. The van der Waals surface area contributed by atoms with E-state index < -0.39 is 0 Å². The Bertz CT molecular complexity index is 899. The number of methoxy groups -OCH3 is 1. The maximum Gasteiger partial charge on any atom is 0.253 e. The van der Waals surface area contributed by atoms with E-state index in [1.807, 2.05) is 54.6 Å². The van der Waals surface area contributed by atoms with Crippen LogP contribution in [0.5, 0.6) is 11.5 Å². The molecule has 0 fully saturated rings. The Kier molecular flexibility index (Phi) is 6.28. The summed E-state index contributed by atoms with van der Waals surface area (Å²) in [7, 11) is 1.60. The van der Waals surface area contributed by atoms with Gasteiger partial charge in [-0.25, -0.2) is 4.98 Å². The molecule has 0 saturated carbocycles. The molecule has 3 aromatic rings. The summed E-state index contributed by atoms with van der Waals surface area (Å²) < 4.78 is 10.8. The van der Waals surface area contributed by atoms with E-state index >= 15 is 0 Å². The zero-order chi connectivity index (χ0) is 19.1. The molecule has 0 radical (unpaired) electrons. The highest BCUT2D eigenvalue weighted by Gasteiger charge is 2.15. The lowest BCUT2D eigenvalue weighted by Gasteiger charge is -2.11. The summed E-state index contributed by atoms with van der Waals surface area (Å²) in [5.41, 5.74) is 1.75. The first-order valence-corrected chi connectivity index (χ1v) is 8.82. The van der Waals surface area contributed by atoms with E-state index in [1.165, 1.54) is 0 Å². The van der Waals surface area contributed by atoms with Crippen LogP contribution in [0.25, 0.3) is 11.3 Å². The molecular formula is C21H19ClN2O3. The predicted octanol–water partition coefficient (Wildman–Crippen LogP) is 4.22. The molecule has 6 heteroatoms. The molecule has 0 bridgehead atoms. The van der Waals surface area contributed by atoms with Gasteiger partial charge in [-0.1, -0.05) is 29.8 Å². The predicted molar refractivity (Wildman–Crippen MR) is 106 cm³/mol. The molecule has 1 heterocycles. The Morgan fingerprint density at radius 1 is 1.00 bits per heavy atom. The molecule has 5 nitrogen and oxygen atoms in total. The zero-order valence-corrected chi connectivity index (χ0v) is 15.6. The Labute approximate surface area is 162 Å². The topological polar surface area (TPSA) is 60.5 Å². The van der Waals surface area contributed by atoms with Crippen LogP contribution in [-0.2, 0) is 0 Å². The molecule has 0 aliphatic carbocycles. The molecule has 0 aliphatic heterocycles. The van der Waals surface area contributed by atoms with Gasteiger partial charge >= 0.3 is 0 Å². The second kappa shape index (κ2) is 9.05. The highest BCUT2D eigenvalue weighted by Crippen LogP contribution is 2.25. The lowest BCUT2D eigenvalue weighted by Crippen LogP contribution is -2.28. The van der Waals surface area contributed by atoms with Crippen molar-refractivity contribution in [3.8, 4) is 22.8 Å². The largest absolute Gasteiger partial charge is 0.497 e. The number of rotatable bonds is 7. The van der Waals surface area contributed by atoms with Gasteiger partial charge in [0.05, 0.1) is 24.9 Å². The van der Waals surface area contributed by atoms with E-state index in [1.54, 1.807) is 19.2 Å². The third-order valence-electron chi connectivity index (χ3n) is 3.87. The van der Waals surface area contributed by atoms with Crippen LogP contribution in [0.2, 0.25) is 5.15 Å². The van der Waals surface area contributed by atoms with Gasteiger partial charge in [-0.15, -0.1) is 0 Å². The zero-order valence-electron chi connectivity index (χ0n) is 14.8. The first kappa shape index (κ1) is 18.7. The van der Waals surface area contributed by atoms with Gasteiger partial charge in [0.1, 0.15) is 23.3 Å². The van der Waals surface area contributed by atoms with Gasteiger partial charge in [0.2, 0.25) is 0 Å². The molecule has 1 N–H and O–H groups in total. The summed E-state index contributed by atoms with van der Waals surface area (Å²) in [6.07, 6.45) is 0. The van der Waals surface area contributed by atoms with E-state index in [0.717, 1.165) is 17.1 Å². The number of nitrogens with zero attached hydrogens (tertiary/aromatic N) is 1. The Morgan fingerprint density at radius 2 is 1.74 bits per heavy atom. The van der Waals surface area contributed by atoms with Crippen LogP contribution in [0.1, 0.15) is 10.4 Å². The SMILES string of the molecule is COc1ccc(-c2nc(Cl)ccc2C(=O)NCCOc2ccccc2)cc1. The van der Waals surface area contributed by atoms with Crippen LogP contribution in [0.15, 0.2) is 66.7 Å². The summed E-state index contributed by atoms with van der Waals surface area (Å²) in [5, 5.41) is 3.17. The van der Waals surface area contributed by atoms with Gasteiger partial charge in [0.15, 0.2) is 0 Å². The molecule has 2 aromatic carbocycles. The molecule has 3 rings (SSSR count). The number of halogens is 1. The van der Waals surface area contributed by atoms with Crippen molar-refractivity contribution in [1.29, 1.82) is 0 Å². The minimum Gasteiger partial charge on any atom is -0.497 e. The van der Waals surface area contributed by atoms with Crippen LogP contribution in [0.4, 0.5) is 0 Å². The number of carbonyl (C=O) groups excluding carboxylic acids is 1. The number of benzene rings is 2. The van der Waals surface area contributed by atoms with Crippen molar-refractivity contribution in [1.82, 2.24) is 10.3 Å². The van der Waals surface area contributed by atoms with E-state index in [4.69, 9.17) is 21.1 Å². The summed E-state index contributed by atoms with van der Waals surface area (Å²) in [6, 6.07) is 20.0. The van der Waals surface area contributed by atoms with E-state index in [9.17, 15) is 4.79 Å². The molecule has 27 heavy (non-hydrogen) atoms. The quantitative estimate of drug-likeness (QED) is 0.491. The van der Waals surface area contributed by atoms with Crippen molar-refractivity contribution in [3.05, 3.63) is 77.4 Å². The van der Waals surface area contributed by atoms with Crippen molar-refractivity contribution in [2.75, 3.05) is 20.3 Å². The maximum atomic E-state index is 12.6. The maximum absolute atomic E-state index is 12.6. The van der Waals surface area contributed by atoms with Crippen molar-refractivity contribution in [2.45, 2.75) is 0 Å². The fourth-order valence-electron chi connectivity index (χ4n) is 2.53. The van der Waals surface area contributed by atoms with Crippen LogP contribution in [0.3, 0.4) is 0 Å². The molecule has 0 spiro atoms. The van der Waals surface area contributed by atoms with E-state index in [-0.39, 0.29) is 5.91 Å². The first-order valence-electron chi connectivity index (χ1n) is 8.44. The molecule has 1 amide bonds. The number of pyridine rings is 1. The summed E-state index contributed by atoms with van der Waals surface area (Å²) in [4.78, 5) is 16.9. The Hall–Kier alpha value is -3.05. The van der Waals surface area contributed by atoms with Gasteiger partial charge in [-0.05, 0) is 48.5 Å². The van der Waals surface area contributed by atoms with Crippen molar-refractivity contribution in [2.24, 2.45) is 0 Å². The number of para-hydroxylation sites is 1. The van der Waals surface area contributed by atoms with Crippen LogP contribution in [-0.4, -0.2) is 31.2 Å². The smallest absolute Gasteiger partial charge is 0.253 e. The number of hydrogen-bond acceptors (Lipinski definition) is 4. The highest BCUT2D eigenvalue weighted by molar-refractivity contribution is 6.29. The monoisotopic (exact) mass is 382 g/mol. The normalized spacial score (nSPS) is 10.3. The molecule has 0 saturated heterocycles. The van der Waals surface area contributed by atoms with Gasteiger partial charge in [0.25, 0.3) is 5.91 Å². The van der Waals surface area contributed by atoms with Crippen LogP contribution in [0, 0.1) is 0 Å². The number of aromatic nitrogens is 1. The minimum absolute atomic E-state index is 0.235. The van der Waals surface area contributed by atoms with Crippen molar-refractivity contribution < 1.29 is 14.3 Å². The van der Waals surface area contributed by atoms with Crippen molar-refractivity contribution >= 4 is 17.5 Å². The molecule has 1 aromatic heterocycles. The summed E-state index contributed by atoms with van der Waals surface area (Å²) in [5.74, 6) is 1.25.